The first kappa shape index (κ1) is 30.9. The molecular formula is C23H36N10O6. The number of imidazole rings is 2. The molecule has 16 nitrogen and oxygen atoms in total. The number of carboxylic acids is 1. The Balaban J connectivity index is 2.16. The molecule has 0 bridgehead atoms. The van der Waals surface area contributed by atoms with Crippen molar-refractivity contribution in [3.63, 3.8) is 0 Å². The Hall–Kier alpha value is -4.31. The number of aliphatic carboxylic acids is 1. The summed E-state index contributed by atoms with van der Waals surface area (Å²) in [7, 11) is 0. The van der Waals surface area contributed by atoms with Gasteiger partial charge in [-0.1, -0.05) is 0 Å². The molecule has 0 aliphatic rings. The summed E-state index contributed by atoms with van der Waals surface area (Å²) in [4.78, 5) is 75.6. The number of carbonyl (C=O) groups is 5. The van der Waals surface area contributed by atoms with E-state index in [0.717, 1.165) is 0 Å². The number of amides is 4. The molecule has 4 amide bonds. The van der Waals surface area contributed by atoms with E-state index in [9.17, 15) is 29.1 Å². The minimum Gasteiger partial charge on any atom is -0.480 e. The van der Waals surface area contributed by atoms with E-state index in [0.29, 0.717) is 30.8 Å². The van der Waals surface area contributed by atoms with Gasteiger partial charge in [-0.15, -0.1) is 0 Å². The summed E-state index contributed by atoms with van der Waals surface area (Å²) in [6.07, 6.45) is 6.65. The summed E-state index contributed by atoms with van der Waals surface area (Å²) in [5, 5.41) is 17.0. The minimum atomic E-state index is -1.30. The maximum absolute atomic E-state index is 13.3. The lowest BCUT2D eigenvalue weighted by Crippen LogP contribution is -2.58. The van der Waals surface area contributed by atoms with Gasteiger partial charge in [-0.2, -0.15) is 0 Å². The SMILES string of the molecule is NCCCCC(NC(=O)C(CCC(N)=O)NC(=O)C(Cc1cnc[nH]1)NC(=O)C(N)Cc1cnc[nH]1)C(=O)O. The van der Waals surface area contributed by atoms with Gasteiger partial charge in [-0.05, 0) is 32.2 Å². The summed E-state index contributed by atoms with van der Waals surface area (Å²) in [5.41, 5.74) is 17.8. The number of H-pyrrole nitrogens is 2. The molecule has 12 N–H and O–H groups in total. The van der Waals surface area contributed by atoms with Gasteiger partial charge in [-0.25, -0.2) is 14.8 Å². The quantitative estimate of drug-likeness (QED) is 0.0861. The molecule has 0 radical (unpaired) electrons. The van der Waals surface area contributed by atoms with E-state index in [1.807, 2.05) is 0 Å². The molecule has 0 aliphatic carbocycles. The second kappa shape index (κ2) is 15.8. The van der Waals surface area contributed by atoms with Crippen molar-refractivity contribution in [2.24, 2.45) is 17.2 Å². The van der Waals surface area contributed by atoms with Crippen molar-refractivity contribution in [3.8, 4) is 0 Å². The average molecular weight is 549 g/mol. The molecule has 0 aliphatic heterocycles. The van der Waals surface area contributed by atoms with Crippen LogP contribution < -0.4 is 33.2 Å². The number of nitrogens with two attached hydrogens (primary N) is 3. The lowest BCUT2D eigenvalue weighted by atomic mass is 10.0. The number of aromatic amines is 2. The van der Waals surface area contributed by atoms with Crippen molar-refractivity contribution >= 4 is 29.6 Å². The van der Waals surface area contributed by atoms with Crippen LogP contribution in [0.2, 0.25) is 0 Å². The predicted octanol–water partition coefficient (Wildman–Crippen LogP) is -2.82. The zero-order chi connectivity index (χ0) is 28.8. The fraction of sp³-hybridized carbons (Fsp3) is 0.522. The molecule has 0 aromatic carbocycles. The van der Waals surface area contributed by atoms with E-state index in [-0.39, 0.29) is 32.1 Å². The fourth-order valence-electron chi connectivity index (χ4n) is 3.68. The third-order valence-electron chi connectivity index (χ3n) is 5.82. The first-order chi connectivity index (χ1) is 18.6. The monoisotopic (exact) mass is 548 g/mol. The van der Waals surface area contributed by atoms with Crippen LogP contribution in [0.4, 0.5) is 0 Å². The third-order valence-corrected chi connectivity index (χ3v) is 5.82. The number of hydrogen-bond acceptors (Lipinski definition) is 9. The van der Waals surface area contributed by atoms with Crippen LogP contribution in [0.3, 0.4) is 0 Å². The third kappa shape index (κ3) is 10.9. The number of unbranched alkanes of at least 4 members (excludes halogenated alkanes) is 1. The lowest BCUT2D eigenvalue weighted by molar-refractivity contribution is -0.142. The van der Waals surface area contributed by atoms with Gasteiger partial charge in [0.2, 0.25) is 23.6 Å². The molecule has 0 saturated carbocycles. The maximum atomic E-state index is 13.3. The molecule has 2 aromatic heterocycles. The molecule has 4 atom stereocenters. The second-order valence-electron chi connectivity index (χ2n) is 8.98. The normalized spacial score (nSPS) is 14.0. The van der Waals surface area contributed by atoms with Crippen molar-refractivity contribution in [3.05, 3.63) is 36.4 Å². The molecule has 0 saturated heterocycles. The van der Waals surface area contributed by atoms with Crippen molar-refractivity contribution < 1.29 is 29.1 Å². The summed E-state index contributed by atoms with van der Waals surface area (Å²) in [5.74, 6) is -4.17. The molecule has 0 spiro atoms. The lowest BCUT2D eigenvalue weighted by Gasteiger charge is -2.25. The Morgan fingerprint density at radius 2 is 1.38 bits per heavy atom. The zero-order valence-corrected chi connectivity index (χ0v) is 21.4. The topological polar surface area (TPSA) is 277 Å². The van der Waals surface area contributed by atoms with E-state index in [2.05, 4.69) is 35.9 Å². The van der Waals surface area contributed by atoms with Crippen LogP contribution in [0.1, 0.15) is 43.5 Å². The summed E-state index contributed by atoms with van der Waals surface area (Å²) < 4.78 is 0. The molecule has 39 heavy (non-hydrogen) atoms. The molecule has 2 rings (SSSR count). The molecule has 2 aromatic rings. The van der Waals surface area contributed by atoms with E-state index < -0.39 is 53.8 Å². The number of aromatic nitrogens is 4. The highest BCUT2D eigenvalue weighted by atomic mass is 16.4. The van der Waals surface area contributed by atoms with E-state index in [4.69, 9.17) is 17.2 Å². The van der Waals surface area contributed by atoms with Gasteiger partial charge >= 0.3 is 5.97 Å². The highest BCUT2D eigenvalue weighted by Gasteiger charge is 2.31. The number of carbonyl (C=O) groups excluding carboxylic acids is 4. The Morgan fingerprint density at radius 1 is 0.821 bits per heavy atom. The van der Waals surface area contributed by atoms with Crippen LogP contribution in [0.5, 0.6) is 0 Å². The Bertz CT molecular complexity index is 1080. The Morgan fingerprint density at radius 3 is 1.92 bits per heavy atom. The number of hydrogen-bond donors (Lipinski definition) is 9. The summed E-state index contributed by atoms with van der Waals surface area (Å²) >= 11 is 0. The highest BCUT2D eigenvalue weighted by Crippen LogP contribution is 2.07. The van der Waals surface area contributed by atoms with Crippen molar-refractivity contribution in [2.75, 3.05) is 6.54 Å². The smallest absolute Gasteiger partial charge is 0.326 e. The van der Waals surface area contributed by atoms with Crippen LogP contribution in [0.15, 0.2) is 25.0 Å². The largest absolute Gasteiger partial charge is 0.480 e. The maximum Gasteiger partial charge on any atom is 0.326 e. The number of carboxylic acid groups (broad SMARTS) is 1. The molecular weight excluding hydrogens is 512 g/mol. The van der Waals surface area contributed by atoms with Crippen LogP contribution in [0, 0.1) is 0 Å². The fourth-order valence-corrected chi connectivity index (χ4v) is 3.68. The van der Waals surface area contributed by atoms with Crippen LogP contribution in [0.25, 0.3) is 0 Å². The average Bonchev–Trinajstić information content (AvgIpc) is 3.59. The van der Waals surface area contributed by atoms with Gasteiger partial charge in [0.25, 0.3) is 0 Å². The zero-order valence-electron chi connectivity index (χ0n) is 21.4. The van der Waals surface area contributed by atoms with Gasteiger partial charge in [0.1, 0.15) is 18.1 Å². The van der Waals surface area contributed by atoms with Gasteiger partial charge < -0.3 is 48.2 Å². The van der Waals surface area contributed by atoms with E-state index in [1.54, 1.807) is 0 Å². The number of nitrogens with one attached hydrogen (secondary N) is 5. The van der Waals surface area contributed by atoms with E-state index in [1.165, 1.54) is 25.0 Å². The number of primary amides is 1. The predicted molar refractivity (Wildman–Crippen MR) is 137 cm³/mol. The standard InChI is InChI=1S/C23H36N10O6/c24-6-2-1-3-17(23(38)39)32-21(36)16(4-5-19(26)34)31-22(37)18(8-14-10-28-12-30-14)33-20(35)15(25)7-13-9-27-11-29-13/h9-12,15-18H,1-8,24-25H2,(H2,26,34)(H,27,29)(H,28,30)(H,31,37)(H,32,36)(H,33,35)(H,38,39). The van der Waals surface area contributed by atoms with Gasteiger partial charge in [-0.3, -0.25) is 19.2 Å². The minimum absolute atomic E-state index is 0.0185. The molecule has 16 heteroatoms. The van der Waals surface area contributed by atoms with Crippen molar-refractivity contribution in [1.29, 1.82) is 0 Å². The molecule has 4 unspecified atom stereocenters. The van der Waals surface area contributed by atoms with Crippen molar-refractivity contribution in [2.45, 2.75) is 69.1 Å². The molecule has 2 heterocycles. The Labute approximate surface area is 224 Å². The molecule has 0 fully saturated rings. The number of rotatable bonds is 18. The van der Waals surface area contributed by atoms with Gasteiger partial charge in [0.15, 0.2) is 0 Å². The molecule has 214 valence electrons. The summed E-state index contributed by atoms with van der Waals surface area (Å²) in [6.45, 7) is 0.368. The first-order valence-electron chi connectivity index (χ1n) is 12.4. The number of nitrogens with zero attached hydrogens (tertiary/aromatic N) is 2. The van der Waals surface area contributed by atoms with Gasteiger partial charge in [0, 0.05) is 43.0 Å². The van der Waals surface area contributed by atoms with E-state index >= 15 is 0 Å². The van der Waals surface area contributed by atoms with Crippen molar-refractivity contribution in [1.82, 2.24) is 35.9 Å². The van der Waals surface area contributed by atoms with Crippen LogP contribution in [-0.2, 0) is 36.8 Å². The van der Waals surface area contributed by atoms with Crippen LogP contribution in [-0.4, -0.2) is 85.4 Å². The van der Waals surface area contributed by atoms with Crippen LogP contribution >= 0.6 is 0 Å². The highest BCUT2D eigenvalue weighted by molar-refractivity contribution is 5.94. The first-order valence-corrected chi connectivity index (χ1v) is 12.4. The Kier molecular flexibility index (Phi) is 12.5. The van der Waals surface area contributed by atoms with Gasteiger partial charge in [0.05, 0.1) is 18.7 Å². The second-order valence-corrected chi connectivity index (χ2v) is 8.98. The summed E-state index contributed by atoms with van der Waals surface area (Å²) in [6, 6.07) is -4.73.